The van der Waals surface area contributed by atoms with E-state index in [9.17, 15) is 38.4 Å². The van der Waals surface area contributed by atoms with Crippen LogP contribution in [0.1, 0.15) is 0 Å². The number of rotatable bonds is 12. The van der Waals surface area contributed by atoms with Gasteiger partial charge in [-0.05, 0) is 0 Å². The quantitative estimate of drug-likeness (QED) is 0.0924. The number of hydrogen-bond donors (Lipinski definition) is 16. The third-order valence-corrected chi connectivity index (χ3v) is 3.23. The Labute approximate surface area is 217 Å². The molecule has 0 rings (SSSR count). The molecule has 0 aromatic heterocycles. The summed E-state index contributed by atoms with van der Waals surface area (Å²) in [6.07, 6.45) is -18.2. The minimum atomic E-state index is -2.31. The Morgan fingerprint density at radius 1 is 0.275 bits per heavy atom. The molecular weight excluding hydrogens is 576 g/mol. The van der Waals surface area contributed by atoms with Crippen molar-refractivity contribution in [3.8, 4) is 0 Å². The normalized spacial score (nSPS) is 15.1. The lowest BCUT2D eigenvalue weighted by Crippen LogP contribution is -2.45. The van der Waals surface area contributed by atoms with Crippen molar-refractivity contribution in [1.29, 1.82) is 0 Å². The highest BCUT2D eigenvalue weighted by Gasteiger charge is 2.34. The number of aliphatic hydroxyl groups is 8. The molecule has 0 bridgehead atoms. The Balaban J connectivity index is -0.000000218. The zero-order valence-corrected chi connectivity index (χ0v) is 19.0. The summed E-state index contributed by atoms with van der Waals surface area (Å²) in [7, 11) is 0. The first-order valence-electron chi connectivity index (χ1n) is 9.13. The van der Waals surface area contributed by atoms with E-state index in [0.717, 1.165) is 0 Å². The number of hydrogen-bond acceptors (Lipinski definition) is 16. The number of carboxylic acids is 8. The van der Waals surface area contributed by atoms with E-state index in [1.54, 1.807) is 0 Å². The van der Waals surface area contributed by atoms with Crippen molar-refractivity contribution in [2.75, 3.05) is 0 Å². The predicted octanol–water partition coefficient (Wildman–Crippen LogP) is -8.49. The van der Waals surface area contributed by atoms with Gasteiger partial charge in [0.2, 0.25) is 6.10 Å². The van der Waals surface area contributed by atoms with Crippen LogP contribution in [0.25, 0.3) is 0 Å². The molecule has 0 spiro atoms. The Morgan fingerprint density at radius 3 is 0.500 bits per heavy atom. The Morgan fingerprint density at radius 2 is 0.425 bits per heavy atom. The summed E-state index contributed by atoms with van der Waals surface area (Å²) in [4.78, 5) is 78.0. The van der Waals surface area contributed by atoms with Gasteiger partial charge in [-0.25, -0.2) is 38.4 Å². The molecule has 24 nitrogen and oxygen atoms in total. The fourth-order valence-corrected chi connectivity index (χ4v) is 1.11. The van der Waals surface area contributed by atoms with Crippen LogP contribution in [0.15, 0.2) is 0 Å². The van der Waals surface area contributed by atoms with Gasteiger partial charge >= 0.3 is 47.8 Å². The van der Waals surface area contributed by atoms with Crippen molar-refractivity contribution >= 4 is 47.8 Å². The Bertz CT molecular complexity index is 789. The second-order valence-electron chi connectivity index (χ2n) is 6.27. The lowest BCUT2D eigenvalue weighted by molar-refractivity contribution is -0.168. The van der Waals surface area contributed by atoms with Crippen molar-refractivity contribution in [2.24, 2.45) is 0 Å². The van der Waals surface area contributed by atoms with Crippen LogP contribution < -0.4 is 0 Å². The van der Waals surface area contributed by atoms with E-state index >= 15 is 0 Å². The zero-order chi connectivity index (χ0) is 33.2. The van der Waals surface area contributed by atoms with Gasteiger partial charge < -0.3 is 81.7 Å². The Hall–Kier alpha value is -4.56. The summed E-state index contributed by atoms with van der Waals surface area (Å²) in [6, 6.07) is 0. The first-order chi connectivity index (χ1) is 17.9. The molecule has 0 aromatic carbocycles. The van der Waals surface area contributed by atoms with Crippen LogP contribution in [0.3, 0.4) is 0 Å². The summed E-state index contributed by atoms with van der Waals surface area (Å²) in [5.74, 6) is -14.2. The van der Waals surface area contributed by atoms with Gasteiger partial charge in [-0.2, -0.15) is 0 Å². The van der Waals surface area contributed by atoms with E-state index < -0.39 is 96.6 Å². The highest BCUT2D eigenvalue weighted by Crippen LogP contribution is 2.00. The van der Waals surface area contributed by atoms with E-state index in [4.69, 9.17) is 81.7 Å². The molecular formula is C16H24O24. The molecule has 0 saturated carbocycles. The van der Waals surface area contributed by atoms with Crippen molar-refractivity contribution in [1.82, 2.24) is 0 Å². The van der Waals surface area contributed by atoms with E-state index in [0.29, 0.717) is 0 Å². The molecule has 0 aromatic rings. The summed E-state index contributed by atoms with van der Waals surface area (Å²) >= 11 is 0. The van der Waals surface area contributed by atoms with Crippen LogP contribution in [-0.2, 0) is 38.4 Å². The third kappa shape index (κ3) is 18.6. The number of aliphatic hydroxyl groups excluding tert-OH is 8. The molecule has 0 amide bonds. The van der Waals surface area contributed by atoms with Gasteiger partial charge in [-0.3, -0.25) is 0 Å². The lowest BCUT2D eigenvalue weighted by Gasteiger charge is -2.16. The fourth-order valence-electron chi connectivity index (χ4n) is 1.11. The van der Waals surface area contributed by atoms with Crippen LogP contribution >= 0.6 is 0 Å². The zero-order valence-electron chi connectivity index (χ0n) is 19.0. The van der Waals surface area contributed by atoms with Crippen molar-refractivity contribution in [3.05, 3.63) is 0 Å². The second-order valence-corrected chi connectivity index (χ2v) is 6.27. The lowest BCUT2D eigenvalue weighted by atomic mass is 10.1. The van der Waals surface area contributed by atoms with Crippen molar-refractivity contribution < 1.29 is 120 Å². The number of carbonyl (C=O) groups is 8. The first kappa shape index (κ1) is 42.5. The monoisotopic (exact) mass is 600 g/mol. The van der Waals surface area contributed by atoms with Crippen LogP contribution in [0, 0.1) is 0 Å². The fraction of sp³-hybridized carbons (Fsp3) is 0.500. The van der Waals surface area contributed by atoms with Crippen LogP contribution in [-0.4, -0.2) is 178 Å². The minimum absolute atomic E-state index is 1.75. The maximum atomic E-state index is 9.95. The SMILES string of the molecule is O=C(O)C(O)C(=O)O.O=C(O)C(O)C(O)C(=O)O.O=C(O)C(O)C(O)C(=O)O.O=C(O)C(O)C(O)C(O)C(=O)O. The second kappa shape index (κ2) is 20.4. The molecule has 0 aliphatic heterocycles. The van der Waals surface area contributed by atoms with E-state index in [1.807, 2.05) is 0 Å². The van der Waals surface area contributed by atoms with Crippen LogP contribution in [0.2, 0.25) is 0 Å². The van der Waals surface area contributed by atoms with E-state index in [-0.39, 0.29) is 0 Å². The van der Waals surface area contributed by atoms with Gasteiger partial charge in [0.1, 0.15) is 6.10 Å². The smallest absolute Gasteiger partial charge is 0.344 e. The van der Waals surface area contributed by atoms with Gasteiger partial charge in [0.15, 0.2) is 36.6 Å². The van der Waals surface area contributed by atoms with Gasteiger partial charge in [-0.15, -0.1) is 0 Å². The molecule has 0 saturated heterocycles. The first-order valence-corrected chi connectivity index (χ1v) is 9.13. The van der Waals surface area contributed by atoms with Crippen LogP contribution in [0.5, 0.6) is 0 Å². The number of aliphatic carboxylic acids is 8. The summed E-state index contributed by atoms with van der Waals surface area (Å²) in [6.45, 7) is 0. The molecule has 0 aliphatic carbocycles. The molecule has 6 unspecified atom stereocenters. The minimum Gasteiger partial charge on any atom is -0.479 e. The molecule has 6 atom stereocenters. The largest absolute Gasteiger partial charge is 0.479 e. The topological polar surface area (TPSA) is 460 Å². The summed E-state index contributed by atoms with van der Waals surface area (Å²) in [5, 5.41) is 130. The van der Waals surface area contributed by atoms with Gasteiger partial charge in [0.05, 0.1) is 0 Å². The highest BCUT2D eigenvalue weighted by atomic mass is 16.5. The molecule has 40 heavy (non-hydrogen) atoms. The van der Waals surface area contributed by atoms with Crippen molar-refractivity contribution in [3.63, 3.8) is 0 Å². The van der Waals surface area contributed by atoms with Crippen LogP contribution in [0.4, 0.5) is 0 Å². The predicted molar refractivity (Wildman–Crippen MR) is 109 cm³/mol. The van der Waals surface area contributed by atoms with E-state index in [2.05, 4.69) is 0 Å². The molecule has 0 heterocycles. The summed E-state index contributed by atoms with van der Waals surface area (Å²) < 4.78 is 0. The highest BCUT2D eigenvalue weighted by molar-refractivity contribution is 5.95. The van der Waals surface area contributed by atoms with Gasteiger partial charge in [-0.1, -0.05) is 0 Å². The standard InChI is InChI=1S/C5H8O7.2C4H6O6.C3H4O5/c6-1(2(7)4(9)10)3(8)5(11)12;2*5-1(3(7)8)2(6)4(9)10;4-1(2(5)6)3(7)8/h1-3,6-8H,(H,9,10)(H,11,12);2*1-2,5-6H,(H,7,8)(H,9,10);1,4H,(H,5,6)(H,7,8). The number of carboxylic acid groups (broad SMARTS) is 8. The Kier molecular flexibility index (Phi) is 21.7. The third-order valence-electron chi connectivity index (χ3n) is 3.23. The molecule has 0 fully saturated rings. The maximum Gasteiger partial charge on any atom is 0.344 e. The average molecular weight is 600 g/mol. The van der Waals surface area contributed by atoms with Gasteiger partial charge in [0, 0.05) is 0 Å². The maximum absolute atomic E-state index is 9.95. The molecule has 16 N–H and O–H groups in total. The molecule has 0 radical (unpaired) electrons. The van der Waals surface area contributed by atoms with Crippen molar-refractivity contribution in [2.45, 2.75) is 48.8 Å². The molecule has 24 heteroatoms. The van der Waals surface area contributed by atoms with Gasteiger partial charge in [0.25, 0.3) is 0 Å². The van der Waals surface area contributed by atoms with E-state index in [1.165, 1.54) is 0 Å². The molecule has 232 valence electrons. The average Bonchev–Trinajstić information content (AvgIpc) is 2.85. The molecule has 0 aliphatic rings. The summed E-state index contributed by atoms with van der Waals surface area (Å²) in [5.41, 5.74) is 0.